The van der Waals surface area contributed by atoms with Crippen molar-refractivity contribution in [2.24, 2.45) is 16.6 Å². The van der Waals surface area contributed by atoms with E-state index in [9.17, 15) is 9.70 Å². The first-order chi connectivity index (χ1) is 5.47. The molecule has 0 saturated carbocycles. The van der Waals surface area contributed by atoms with E-state index in [4.69, 9.17) is 5.11 Å². The van der Waals surface area contributed by atoms with Gasteiger partial charge in [0.2, 0.25) is 0 Å². The van der Waals surface area contributed by atoms with Crippen LogP contribution >= 0.6 is 0 Å². The molecular formula is C7H12N2O3. The van der Waals surface area contributed by atoms with Gasteiger partial charge in [-0.25, -0.2) is 0 Å². The van der Waals surface area contributed by atoms with Crippen LogP contribution in [0.5, 0.6) is 0 Å². The molecule has 1 aliphatic heterocycles. The molecule has 0 radical (unpaired) electrons. The maximum Gasteiger partial charge on any atom is 0.308 e. The molecule has 1 rings (SSSR count). The van der Waals surface area contributed by atoms with Crippen LogP contribution in [0.3, 0.4) is 0 Å². The molecule has 1 atom stereocenters. The third-order valence-corrected chi connectivity index (χ3v) is 2.34. The maximum atomic E-state index is 10.7. The molecule has 12 heavy (non-hydrogen) atoms. The lowest BCUT2D eigenvalue weighted by molar-refractivity contribution is -0.144. The van der Waals surface area contributed by atoms with Crippen LogP contribution in [0.2, 0.25) is 0 Å². The lowest BCUT2D eigenvalue weighted by Gasteiger charge is -2.20. The number of nitrogens with zero attached hydrogens (tertiary/aromatic N) is 2. The first-order valence-corrected chi connectivity index (χ1v) is 3.78. The van der Waals surface area contributed by atoms with Crippen LogP contribution in [0.25, 0.3) is 0 Å². The summed E-state index contributed by atoms with van der Waals surface area (Å²) < 4.78 is 0. The van der Waals surface area contributed by atoms with E-state index in [-0.39, 0.29) is 12.0 Å². The Kier molecular flexibility index (Phi) is 2.04. The highest BCUT2D eigenvalue weighted by molar-refractivity contribution is 5.71. The van der Waals surface area contributed by atoms with Crippen LogP contribution in [0.15, 0.2) is 5.29 Å². The van der Waals surface area contributed by atoms with Crippen molar-refractivity contribution in [2.75, 3.05) is 13.1 Å². The standard InChI is InChI=1S/C7H12N2O3/c1-7(2)4-9(8-12)3-5(7)6(10)11/h5H,3-4H2,1-2H3,(H,10,11). The Morgan fingerprint density at radius 2 is 2.25 bits per heavy atom. The minimum Gasteiger partial charge on any atom is -0.481 e. The molecule has 0 aliphatic carbocycles. The van der Waals surface area contributed by atoms with Crippen molar-refractivity contribution in [2.45, 2.75) is 13.8 Å². The van der Waals surface area contributed by atoms with Gasteiger partial charge < -0.3 is 5.11 Å². The zero-order valence-corrected chi connectivity index (χ0v) is 7.15. The molecule has 0 aromatic heterocycles. The van der Waals surface area contributed by atoms with Gasteiger partial charge in [0.1, 0.15) is 0 Å². The van der Waals surface area contributed by atoms with E-state index in [1.54, 1.807) is 0 Å². The number of hydrogen-bond acceptors (Lipinski definition) is 3. The second-order valence-corrected chi connectivity index (χ2v) is 3.81. The lowest BCUT2D eigenvalue weighted by Crippen LogP contribution is -2.28. The average Bonchev–Trinajstić information content (AvgIpc) is 2.25. The summed E-state index contributed by atoms with van der Waals surface area (Å²) in [5, 5.41) is 12.8. The van der Waals surface area contributed by atoms with Gasteiger partial charge in [-0.05, 0) is 5.41 Å². The Morgan fingerprint density at radius 3 is 2.50 bits per heavy atom. The molecule has 0 bridgehead atoms. The average molecular weight is 172 g/mol. The molecule has 1 N–H and O–H groups in total. The second-order valence-electron chi connectivity index (χ2n) is 3.81. The molecule has 0 aromatic rings. The Hall–Kier alpha value is -1.13. The van der Waals surface area contributed by atoms with Crippen molar-refractivity contribution in [3.05, 3.63) is 4.91 Å². The van der Waals surface area contributed by atoms with Gasteiger partial charge in [0.25, 0.3) is 0 Å². The second kappa shape index (κ2) is 2.73. The molecule has 5 heteroatoms. The van der Waals surface area contributed by atoms with Gasteiger partial charge in [0.15, 0.2) is 0 Å². The van der Waals surface area contributed by atoms with Crippen molar-refractivity contribution in [3.63, 3.8) is 0 Å². The van der Waals surface area contributed by atoms with Crippen molar-refractivity contribution in [1.82, 2.24) is 5.01 Å². The molecular weight excluding hydrogens is 160 g/mol. The lowest BCUT2D eigenvalue weighted by atomic mass is 9.82. The molecule has 1 unspecified atom stereocenters. The van der Waals surface area contributed by atoms with Crippen molar-refractivity contribution >= 4 is 5.97 Å². The van der Waals surface area contributed by atoms with E-state index in [0.717, 1.165) is 0 Å². The SMILES string of the molecule is CC1(C)CN(N=O)CC1C(=O)O. The van der Waals surface area contributed by atoms with E-state index in [1.807, 2.05) is 13.8 Å². The molecule has 0 aromatic carbocycles. The molecule has 1 aliphatic rings. The topological polar surface area (TPSA) is 70.0 Å². The summed E-state index contributed by atoms with van der Waals surface area (Å²) >= 11 is 0. The Labute approximate surface area is 70.3 Å². The quantitative estimate of drug-likeness (QED) is 0.623. The summed E-state index contributed by atoms with van der Waals surface area (Å²) in [6, 6.07) is 0. The summed E-state index contributed by atoms with van der Waals surface area (Å²) in [5.41, 5.74) is -0.361. The van der Waals surface area contributed by atoms with Gasteiger partial charge in [-0.3, -0.25) is 9.80 Å². The van der Waals surface area contributed by atoms with Crippen LogP contribution in [0.4, 0.5) is 0 Å². The number of aliphatic carboxylic acids is 1. The fourth-order valence-corrected chi connectivity index (χ4v) is 1.58. The molecule has 0 amide bonds. The van der Waals surface area contributed by atoms with E-state index in [1.165, 1.54) is 5.01 Å². The monoisotopic (exact) mass is 172 g/mol. The zero-order chi connectivity index (χ0) is 9.35. The van der Waals surface area contributed by atoms with E-state index in [0.29, 0.717) is 6.54 Å². The summed E-state index contributed by atoms with van der Waals surface area (Å²) in [6.07, 6.45) is 0. The third kappa shape index (κ3) is 1.39. The Morgan fingerprint density at radius 1 is 1.67 bits per heavy atom. The predicted octanol–water partition coefficient (Wildman–Crippen LogP) is 0.710. The Balaban J connectivity index is 2.76. The van der Waals surface area contributed by atoms with Crippen molar-refractivity contribution in [3.8, 4) is 0 Å². The molecule has 68 valence electrons. The number of carboxylic acids is 1. The van der Waals surface area contributed by atoms with Gasteiger partial charge in [0, 0.05) is 6.54 Å². The van der Waals surface area contributed by atoms with Gasteiger partial charge in [-0.1, -0.05) is 13.8 Å². The van der Waals surface area contributed by atoms with E-state index < -0.39 is 11.9 Å². The number of rotatable bonds is 2. The van der Waals surface area contributed by atoms with Gasteiger partial charge in [-0.15, -0.1) is 4.91 Å². The highest BCUT2D eigenvalue weighted by Crippen LogP contribution is 2.35. The summed E-state index contributed by atoms with van der Waals surface area (Å²) in [6.45, 7) is 4.31. The number of carbonyl (C=O) groups is 1. The fraction of sp³-hybridized carbons (Fsp3) is 0.857. The summed E-state index contributed by atoms with van der Waals surface area (Å²) in [7, 11) is 0. The third-order valence-electron chi connectivity index (χ3n) is 2.34. The van der Waals surface area contributed by atoms with Crippen molar-refractivity contribution in [1.29, 1.82) is 0 Å². The van der Waals surface area contributed by atoms with E-state index in [2.05, 4.69) is 5.29 Å². The number of hydrogen-bond donors (Lipinski definition) is 1. The van der Waals surface area contributed by atoms with Crippen LogP contribution < -0.4 is 0 Å². The number of nitroso groups, excluding NO2 is 1. The predicted molar refractivity (Wildman–Crippen MR) is 42.3 cm³/mol. The first kappa shape index (κ1) is 8.96. The van der Waals surface area contributed by atoms with Crippen LogP contribution in [-0.4, -0.2) is 29.2 Å². The van der Waals surface area contributed by atoms with Crippen LogP contribution in [0, 0.1) is 16.2 Å². The number of carboxylic acid groups (broad SMARTS) is 1. The van der Waals surface area contributed by atoms with Crippen LogP contribution in [-0.2, 0) is 4.79 Å². The zero-order valence-electron chi connectivity index (χ0n) is 7.15. The molecule has 1 saturated heterocycles. The first-order valence-electron chi connectivity index (χ1n) is 3.78. The normalized spacial score (nSPS) is 27.2. The van der Waals surface area contributed by atoms with Gasteiger partial charge in [-0.2, -0.15) is 0 Å². The molecule has 5 nitrogen and oxygen atoms in total. The fourth-order valence-electron chi connectivity index (χ4n) is 1.58. The maximum absolute atomic E-state index is 10.7. The summed E-state index contributed by atoms with van der Waals surface area (Å²) in [5.74, 6) is -1.35. The molecule has 0 spiro atoms. The van der Waals surface area contributed by atoms with Gasteiger partial charge >= 0.3 is 5.97 Å². The van der Waals surface area contributed by atoms with E-state index >= 15 is 0 Å². The van der Waals surface area contributed by atoms with Crippen LogP contribution in [0.1, 0.15) is 13.8 Å². The smallest absolute Gasteiger partial charge is 0.308 e. The minimum absolute atomic E-state index is 0.228. The minimum atomic E-state index is -0.855. The molecule has 1 heterocycles. The Bertz CT molecular complexity index is 215. The molecule has 1 fully saturated rings. The van der Waals surface area contributed by atoms with Gasteiger partial charge in [0.05, 0.1) is 17.7 Å². The van der Waals surface area contributed by atoms with Crippen molar-refractivity contribution < 1.29 is 9.90 Å². The summed E-state index contributed by atoms with van der Waals surface area (Å²) in [4.78, 5) is 20.9. The largest absolute Gasteiger partial charge is 0.481 e. The highest BCUT2D eigenvalue weighted by atomic mass is 16.4. The highest BCUT2D eigenvalue weighted by Gasteiger charge is 2.44.